The van der Waals surface area contributed by atoms with Gasteiger partial charge in [0.1, 0.15) is 6.04 Å². The van der Waals surface area contributed by atoms with Crippen molar-refractivity contribution in [3.63, 3.8) is 0 Å². The molecule has 0 radical (unpaired) electrons. The molecule has 2 aliphatic heterocycles. The number of amides is 1. The minimum absolute atomic E-state index is 0.0850. The van der Waals surface area contributed by atoms with Crippen LogP contribution in [0.25, 0.3) is 0 Å². The molecule has 2 saturated heterocycles. The van der Waals surface area contributed by atoms with Crippen LogP contribution in [0.1, 0.15) is 50.1 Å². The second-order valence-electron chi connectivity index (χ2n) is 7.40. The Morgan fingerprint density at radius 1 is 1.04 bits per heavy atom. The van der Waals surface area contributed by atoms with Crippen LogP contribution in [0.5, 0.6) is 0 Å². The summed E-state index contributed by atoms with van der Waals surface area (Å²) < 4.78 is 0. The predicted octanol–water partition coefficient (Wildman–Crippen LogP) is 2.80. The molecule has 1 aromatic carbocycles. The third-order valence-electron chi connectivity index (χ3n) is 5.47. The molecule has 2 fully saturated rings. The number of rotatable bonds is 4. The van der Waals surface area contributed by atoms with E-state index in [1.165, 1.54) is 45.2 Å². The van der Waals surface area contributed by atoms with Crippen LogP contribution in [0, 0.1) is 5.92 Å². The summed E-state index contributed by atoms with van der Waals surface area (Å²) in [5.41, 5.74) is 7.13. The Morgan fingerprint density at radius 2 is 1.75 bits per heavy atom. The van der Waals surface area contributed by atoms with E-state index in [1.807, 2.05) is 35.2 Å². The molecule has 0 spiro atoms. The first-order valence-corrected chi connectivity index (χ1v) is 9.55. The van der Waals surface area contributed by atoms with Gasteiger partial charge in [0.2, 0.25) is 5.91 Å². The Morgan fingerprint density at radius 3 is 2.46 bits per heavy atom. The van der Waals surface area contributed by atoms with Crippen LogP contribution in [0.4, 0.5) is 0 Å². The van der Waals surface area contributed by atoms with Crippen molar-refractivity contribution in [1.29, 1.82) is 0 Å². The number of likely N-dealkylation sites (tertiary alicyclic amines) is 2. The van der Waals surface area contributed by atoms with Crippen molar-refractivity contribution in [3.05, 3.63) is 35.9 Å². The van der Waals surface area contributed by atoms with Crippen molar-refractivity contribution in [2.24, 2.45) is 11.7 Å². The molecule has 0 bridgehead atoms. The van der Waals surface area contributed by atoms with Gasteiger partial charge < -0.3 is 15.5 Å². The molecule has 24 heavy (non-hydrogen) atoms. The average molecular weight is 329 g/mol. The van der Waals surface area contributed by atoms with Crippen LogP contribution in [0.2, 0.25) is 0 Å². The van der Waals surface area contributed by atoms with Crippen LogP contribution >= 0.6 is 0 Å². The number of piperidine rings is 1. The highest BCUT2D eigenvalue weighted by Gasteiger charge is 2.28. The van der Waals surface area contributed by atoms with Crippen molar-refractivity contribution >= 4 is 5.91 Å². The summed E-state index contributed by atoms with van der Waals surface area (Å²) in [7, 11) is 0. The largest absolute Gasteiger partial charge is 0.341 e. The van der Waals surface area contributed by atoms with Crippen molar-refractivity contribution in [1.82, 2.24) is 9.80 Å². The van der Waals surface area contributed by atoms with E-state index in [0.717, 1.165) is 31.6 Å². The first-order chi connectivity index (χ1) is 11.7. The summed E-state index contributed by atoms with van der Waals surface area (Å²) in [6.45, 7) is 5.33. The summed E-state index contributed by atoms with van der Waals surface area (Å²) in [6.07, 6.45) is 7.74. The van der Waals surface area contributed by atoms with Crippen LogP contribution in [-0.4, -0.2) is 48.4 Å². The van der Waals surface area contributed by atoms with Gasteiger partial charge in [-0.15, -0.1) is 0 Å². The molecule has 2 heterocycles. The van der Waals surface area contributed by atoms with E-state index in [1.54, 1.807) is 0 Å². The van der Waals surface area contributed by atoms with Gasteiger partial charge in [0.25, 0.3) is 0 Å². The highest BCUT2D eigenvalue weighted by atomic mass is 16.2. The number of hydrogen-bond donors (Lipinski definition) is 1. The minimum atomic E-state index is -0.525. The molecule has 1 amide bonds. The lowest BCUT2D eigenvalue weighted by atomic mass is 9.96. The molecular formula is C20H31N3O. The van der Waals surface area contributed by atoms with Gasteiger partial charge in [-0.3, -0.25) is 4.79 Å². The molecule has 3 rings (SSSR count). The fraction of sp³-hybridized carbons (Fsp3) is 0.650. The third-order valence-corrected chi connectivity index (χ3v) is 5.47. The molecule has 2 N–H and O–H groups in total. The summed E-state index contributed by atoms with van der Waals surface area (Å²) in [6, 6.07) is 9.21. The number of nitrogens with two attached hydrogens (primary N) is 1. The summed E-state index contributed by atoms with van der Waals surface area (Å²) in [5, 5.41) is 0. The van der Waals surface area contributed by atoms with E-state index in [2.05, 4.69) is 4.90 Å². The molecule has 0 aromatic heterocycles. The molecule has 132 valence electrons. The van der Waals surface area contributed by atoms with Crippen LogP contribution in [-0.2, 0) is 4.79 Å². The van der Waals surface area contributed by atoms with Gasteiger partial charge in [0.15, 0.2) is 0 Å². The topological polar surface area (TPSA) is 49.6 Å². The maximum absolute atomic E-state index is 12.8. The summed E-state index contributed by atoms with van der Waals surface area (Å²) >= 11 is 0. The van der Waals surface area contributed by atoms with Gasteiger partial charge in [-0.25, -0.2) is 0 Å². The zero-order valence-corrected chi connectivity index (χ0v) is 14.7. The number of nitrogens with zero attached hydrogens (tertiary/aromatic N) is 2. The molecule has 4 heteroatoms. The zero-order valence-electron chi connectivity index (χ0n) is 14.7. The van der Waals surface area contributed by atoms with Crippen LogP contribution in [0.3, 0.4) is 0 Å². The van der Waals surface area contributed by atoms with Gasteiger partial charge in [-0.2, -0.15) is 0 Å². The molecule has 0 unspecified atom stereocenters. The molecular weight excluding hydrogens is 298 g/mol. The van der Waals surface area contributed by atoms with E-state index < -0.39 is 6.04 Å². The fourth-order valence-electron chi connectivity index (χ4n) is 4.10. The zero-order chi connectivity index (χ0) is 16.8. The number of benzene rings is 1. The average Bonchev–Trinajstić information content (AvgIpc) is 2.90. The van der Waals surface area contributed by atoms with E-state index in [-0.39, 0.29) is 5.91 Å². The third kappa shape index (κ3) is 4.58. The molecule has 0 saturated carbocycles. The van der Waals surface area contributed by atoms with E-state index in [9.17, 15) is 4.79 Å². The smallest absolute Gasteiger partial charge is 0.244 e. The molecule has 1 aromatic rings. The lowest BCUT2D eigenvalue weighted by molar-refractivity contribution is -0.134. The summed E-state index contributed by atoms with van der Waals surface area (Å²) in [5.74, 6) is 0.686. The van der Waals surface area contributed by atoms with Gasteiger partial charge in [-0.1, -0.05) is 43.2 Å². The van der Waals surface area contributed by atoms with Crippen molar-refractivity contribution in [2.75, 3.05) is 32.7 Å². The van der Waals surface area contributed by atoms with Crippen molar-refractivity contribution in [2.45, 2.75) is 44.6 Å². The van der Waals surface area contributed by atoms with Gasteiger partial charge >= 0.3 is 0 Å². The lowest BCUT2D eigenvalue weighted by Crippen LogP contribution is -2.47. The molecule has 2 aliphatic rings. The molecule has 4 nitrogen and oxygen atoms in total. The Bertz CT molecular complexity index is 511. The van der Waals surface area contributed by atoms with Gasteiger partial charge in [-0.05, 0) is 50.3 Å². The van der Waals surface area contributed by atoms with Crippen molar-refractivity contribution in [3.8, 4) is 0 Å². The standard InChI is InChI=1S/C20H31N3O/c21-19(18-10-4-3-5-11-18)20(24)23-14-8-9-17(16-23)15-22-12-6-1-2-7-13-22/h3-5,10-11,17,19H,1-2,6-9,12-16,21H2/t17-,19-/m0/s1. The maximum atomic E-state index is 12.8. The second kappa shape index (κ2) is 8.63. The Balaban J connectivity index is 1.55. The second-order valence-corrected chi connectivity index (χ2v) is 7.40. The maximum Gasteiger partial charge on any atom is 0.244 e. The van der Waals surface area contributed by atoms with Crippen LogP contribution in [0.15, 0.2) is 30.3 Å². The first-order valence-electron chi connectivity index (χ1n) is 9.55. The Labute approximate surface area is 146 Å². The van der Waals surface area contributed by atoms with Gasteiger partial charge in [0, 0.05) is 19.6 Å². The van der Waals surface area contributed by atoms with E-state index >= 15 is 0 Å². The SMILES string of the molecule is N[C@H](C(=O)N1CCC[C@@H](CN2CCCCCC2)C1)c1ccccc1. The fourth-order valence-corrected chi connectivity index (χ4v) is 4.10. The number of hydrogen-bond acceptors (Lipinski definition) is 3. The number of carbonyl (C=O) groups is 1. The highest BCUT2D eigenvalue weighted by Crippen LogP contribution is 2.22. The first kappa shape index (κ1) is 17.4. The Kier molecular flexibility index (Phi) is 6.27. The van der Waals surface area contributed by atoms with Gasteiger partial charge in [0.05, 0.1) is 0 Å². The molecule has 0 aliphatic carbocycles. The minimum Gasteiger partial charge on any atom is -0.341 e. The lowest BCUT2D eigenvalue weighted by Gasteiger charge is -2.36. The monoisotopic (exact) mass is 329 g/mol. The van der Waals surface area contributed by atoms with Crippen molar-refractivity contribution < 1.29 is 4.79 Å². The predicted molar refractivity (Wildman–Crippen MR) is 97.6 cm³/mol. The number of carbonyl (C=O) groups excluding carboxylic acids is 1. The Hall–Kier alpha value is -1.39. The van der Waals surface area contributed by atoms with E-state index in [4.69, 9.17) is 5.73 Å². The van der Waals surface area contributed by atoms with E-state index in [0.29, 0.717) is 5.92 Å². The quantitative estimate of drug-likeness (QED) is 0.924. The van der Waals surface area contributed by atoms with Crippen LogP contribution < -0.4 is 5.73 Å². The molecule has 2 atom stereocenters. The summed E-state index contributed by atoms with van der Waals surface area (Å²) in [4.78, 5) is 17.4. The highest BCUT2D eigenvalue weighted by molar-refractivity contribution is 5.83. The normalized spacial score (nSPS) is 24.4.